The summed E-state index contributed by atoms with van der Waals surface area (Å²) < 4.78 is 36.5. The summed E-state index contributed by atoms with van der Waals surface area (Å²) in [5.74, 6) is 0. The van der Waals surface area contributed by atoms with E-state index in [1.54, 1.807) is 13.8 Å². The highest BCUT2D eigenvalue weighted by atomic mass is 19.4. The second-order valence-electron chi connectivity index (χ2n) is 3.71. The largest absolute Gasteiger partial charge is 0.432 e. The van der Waals surface area contributed by atoms with E-state index >= 15 is 0 Å². The van der Waals surface area contributed by atoms with Crippen molar-refractivity contribution in [2.45, 2.75) is 25.4 Å². The van der Waals surface area contributed by atoms with Gasteiger partial charge in [0.25, 0.3) is 0 Å². The summed E-state index contributed by atoms with van der Waals surface area (Å²) in [4.78, 5) is 0. The highest BCUT2D eigenvalue weighted by Crippen LogP contribution is 2.30. The van der Waals surface area contributed by atoms with Crippen molar-refractivity contribution in [3.05, 3.63) is 17.5 Å². The molecule has 3 nitrogen and oxygen atoms in total. The first-order valence-electron chi connectivity index (χ1n) is 4.01. The van der Waals surface area contributed by atoms with Gasteiger partial charge in [-0.15, -0.1) is 0 Å². The number of halogens is 3. The van der Waals surface area contributed by atoms with Crippen molar-refractivity contribution in [3.8, 4) is 0 Å². The number of nitrogens with one attached hydrogen (secondary N) is 1. The number of aliphatic hydroxyl groups is 1. The monoisotopic (exact) mass is 208 g/mol. The minimum Gasteiger partial charge on any atom is -0.395 e. The third-order valence-corrected chi connectivity index (χ3v) is 1.97. The molecule has 0 spiro atoms. The molecule has 2 N–H and O–H groups in total. The molecule has 0 saturated carbocycles. The Kier molecular flexibility index (Phi) is 2.58. The molecule has 0 aliphatic rings. The van der Waals surface area contributed by atoms with Crippen LogP contribution >= 0.6 is 0 Å². The molecule has 0 atom stereocenters. The van der Waals surface area contributed by atoms with Crippen LogP contribution in [0.25, 0.3) is 0 Å². The standard InChI is InChI=1S/C8H11F3N2O/c1-7(2,4-14)5-3-6(13-12-5)8(9,10)11/h3,14H,4H2,1-2H3,(H,12,13). The Morgan fingerprint density at radius 3 is 2.36 bits per heavy atom. The average molecular weight is 208 g/mol. The van der Waals surface area contributed by atoms with Crippen molar-refractivity contribution in [2.24, 2.45) is 0 Å². The topological polar surface area (TPSA) is 48.9 Å². The molecule has 0 fully saturated rings. The molecule has 0 aromatic carbocycles. The predicted molar refractivity (Wildman–Crippen MR) is 43.7 cm³/mol. The molecule has 80 valence electrons. The van der Waals surface area contributed by atoms with Crippen LogP contribution in [-0.2, 0) is 11.6 Å². The molecule has 0 saturated heterocycles. The second kappa shape index (κ2) is 3.27. The predicted octanol–water partition coefficient (Wildman–Crippen LogP) is 1.70. The van der Waals surface area contributed by atoms with Gasteiger partial charge in [0.1, 0.15) is 5.69 Å². The van der Waals surface area contributed by atoms with E-state index < -0.39 is 17.3 Å². The van der Waals surface area contributed by atoms with Crippen molar-refractivity contribution >= 4 is 0 Å². The quantitative estimate of drug-likeness (QED) is 0.777. The zero-order chi connectivity index (χ0) is 11.0. The van der Waals surface area contributed by atoms with Crippen molar-refractivity contribution in [1.82, 2.24) is 10.2 Å². The van der Waals surface area contributed by atoms with E-state index in [0.717, 1.165) is 6.07 Å². The number of aromatic amines is 1. The number of hydrogen-bond donors (Lipinski definition) is 2. The van der Waals surface area contributed by atoms with Crippen LogP contribution in [0.4, 0.5) is 13.2 Å². The first-order chi connectivity index (χ1) is 6.27. The third kappa shape index (κ3) is 2.06. The summed E-state index contributed by atoms with van der Waals surface area (Å²) in [5.41, 5.74) is -1.46. The molecule has 14 heavy (non-hydrogen) atoms. The van der Waals surface area contributed by atoms with E-state index in [9.17, 15) is 13.2 Å². The van der Waals surface area contributed by atoms with E-state index in [0.29, 0.717) is 0 Å². The van der Waals surface area contributed by atoms with Gasteiger partial charge in [0, 0.05) is 5.41 Å². The van der Waals surface area contributed by atoms with Gasteiger partial charge in [-0.3, -0.25) is 5.10 Å². The molecule has 0 unspecified atom stereocenters. The molecular formula is C8H11F3N2O. The van der Waals surface area contributed by atoms with Crippen LogP contribution in [0.2, 0.25) is 0 Å². The summed E-state index contributed by atoms with van der Waals surface area (Å²) >= 11 is 0. The fraction of sp³-hybridized carbons (Fsp3) is 0.625. The molecule has 0 radical (unpaired) electrons. The Morgan fingerprint density at radius 2 is 2.00 bits per heavy atom. The number of rotatable bonds is 2. The zero-order valence-electron chi connectivity index (χ0n) is 7.81. The highest BCUT2D eigenvalue weighted by Gasteiger charge is 2.35. The lowest BCUT2D eigenvalue weighted by Gasteiger charge is -2.17. The lowest BCUT2D eigenvalue weighted by atomic mass is 9.90. The second-order valence-corrected chi connectivity index (χ2v) is 3.71. The number of nitrogens with zero attached hydrogens (tertiary/aromatic N) is 1. The van der Waals surface area contributed by atoms with Gasteiger partial charge < -0.3 is 5.11 Å². The van der Waals surface area contributed by atoms with Crippen molar-refractivity contribution in [2.75, 3.05) is 6.61 Å². The number of aliphatic hydroxyl groups excluding tert-OH is 1. The zero-order valence-corrected chi connectivity index (χ0v) is 7.81. The fourth-order valence-corrected chi connectivity index (χ4v) is 0.895. The molecule has 1 aromatic rings. The summed E-state index contributed by atoms with van der Waals surface area (Å²) in [7, 11) is 0. The Morgan fingerprint density at radius 1 is 1.43 bits per heavy atom. The summed E-state index contributed by atoms with van der Waals surface area (Å²) in [5, 5.41) is 14.3. The molecule has 0 aliphatic carbocycles. The van der Waals surface area contributed by atoms with Gasteiger partial charge in [-0.2, -0.15) is 18.3 Å². The van der Waals surface area contributed by atoms with Crippen LogP contribution in [-0.4, -0.2) is 21.9 Å². The Balaban J connectivity index is 3.00. The van der Waals surface area contributed by atoms with Crippen molar-refractivity contribution in [1.29, 1.82) is 0 Å². The fourth-order valence-electron chi connectivity index (χ4n) is 0.895. The Labute approximate surface area is 78.9 Å². The summed E-state index contributed by atoms with van der Waals surface area (Å²) in [6.07, 6.45) is -4.42. The van der Waals surface area contributed by atoms with Gasteiger partial charge in [-0.05, 0) is 6.07 Å². The minimum absolute atomic E-state index is 0.201. The van der Waals surface area contributed by atoms with Gasteiger partial charge in [-0.1, -0.05) is 13.8 Å². The minimum atomic E-state index is -4.42. The van der Waals surface area contributed by atoms with Gasteiger partial charge in [0.05, 0.1) is 12.3 Å². The van der Waals surface area contributed by atoms with Crippen LogP contribution in [0, 0.1) is 0 Å². The molecule has 1 heterocycles. The lowest BCUT2D eigenvalue weighted by molar-refractivity contribution is -0.141. The Hall–Kier alpha value is -1.04. The van der Waals surface area contributed by atoms with Crippen LogP contribution < -0.4 is 0 Å². The van der Waals surface area contributed by atoms with Gasteiger partial charge in [0.15, 0.2) is 0 Å². The van der Waals surface area contributed by atoms with Gasteiger partial charge in [-0.25, -0.2) is 0 Å². The Bertz CT molecular complexity index is 317. The normalized spacial score (nSPS) is 13.3. The van der Waals surface area contributed by atoms with Crippen LogP contribution in [0.15, 0.2) is 6.07 Å². The van der Waals surface area contributed by atoms with Crippen molar-refractivity contribution < 1.29 is 18.3 Å². The third-order valence-electron chi connectivity index (χ3n) is 1.97. The van der Waals surface area contributed by atoms with Gasteiger partial charge in [0.2, 0.25) is 0 Å². The molecule has 0 aliphatic heterocycles. The maximum Gasteiger partial charge on any atom is 0.432 e. The van der Waals surface area contributed by atoms with E-state index in [4.69, 9.17) is 5.11 Å². The van der Waals surface area contributed by atoms with E-state index in [1.165, 1.54) is 0 Å². The summed E-state index contributed by atoms with van der Waals surface area (Å²) in [6.45, 7) is 2.97. The number of alkyl halides is 3. The molecule has 6 heteroatoms. The van der Waals surface area contributed by atoms with Crippen molar-refractivity contribution in [3.63, 3.8) is 0 Å². The summed E-state index contributed by atoms with van der Waals surface area (Å²) in [6, 6.07) is 0.913. The number of hydrogen-bond acceptors (Lipinski definition) is 2. The van der Waals surface area contributed by atoms with Gasteiger partial charge >= 0.3 is 6.18 Å². The molecule has 0 amide bonds. The molecule has 1 rings (SSSR count). The van der Waals surface area contributed by atoms with E-state index in [2.05, 4.69) is 5.10 Å². The van der Waals surface area contributed by atoms with Crippen LogP contribution in [0.3, 0.4) is 0 Å². The van der Waals surface area contributed by atoms with Crippen LogP contribution in [0.1, 0.15) is 25.2 Å². The lowest BCUT2D eigenvalue weighted by Crippen LogP contribution is -2.22. The smallest absolute Gasteiger partial charge is 0.395 e. The van der Waals surface area contributed by atoms with Crippen LogP contribution in [0.5, 0.6) is 0 Å². The number of H-pyrrole nitrogens is 1. The van der Waals surface area contributed by atoms with E-state index in [1.807, 2.05) is 5.10 Å². The average Bonchev–Trinajstić information content (AvgIpc) is 2.51. The maximum atomic E-state index is 12.2. The first kappa shape index (κ1) is 11.0. The molecule has 1 aromatic heterocycles. The highest BCUT2D eigenvalue weighted by molar-refractivity contribution is 5.19. The molecular weight excluding hydrogens is 197 g/mol. The molecule has 0 bridgehead atoms. The maximum absolute atomic E-state index is 12.2. The first-order valence-corrected chi connectivity index (χ1v) is 4.01. The van der Waals surface area contributed by atoms with E-state index in [-0.39, 0.29) is 12.3 Å². The SMILES string of the molecule is CC(C)(CO)c1cc(C(F)(F)F)[nH]n1. The number of aromatic nitrogens is 2.